The van der Waals surface area contributed by atoms with Crippen LogP contribution in [0.4, 0.5) is 0 Å². The molecule has 1 heterocycles. The van der Waals surface area contributed by atoms with Gasteiger partial charge < -0.3 is 15.2 Å². The van der Waals surface area contributed by atoms with E-state index in [0.717, 1.165) is 37.3 Å². The normalized spacial score (nSPS) is 18.4. The molecular weight excluding hydrogens is 190 g/mol. The zero-order valence-electron chi connectivity index (χ0n) is 9.03. The lowest BCUT2D eigenvalue weighted by Crippen LogP contribution is -2.14. The van der Waals surface area contributed by atoms with Gasteiger partial charge in [-0.25, -0.2) is 0 Å². The molecule has 2 N–H and O–H groups in total. The van der Waals surface area contributed by atoms with Crippen LogP contribution in [0.3, 0.4) is 0 Å². The zero-order chi connectivity index (χ0) is 10.7. The van der Waals surface area contributed by atoms with Gasteiger partial charge in [0.25, 0.3) is 0 Å². The minimum atomic E-state index is 0.302. The van der Waals surface area contributed by atoms with Crippen molar-refractivity contribution < 1.29 is 9.47 Å². The molecule has 1 unspecified atom stereocenters. The molecule has 15 heavy (non-hydrogen) atoms. The number of hydrogen-bond acceptors (Lipinski definition) is 3. The van der Waals surface area contributed by atoms with Gasteiger partial charge in [0.05, 0.1) is 7.11 Å². The zero-order valence-corrected chi connectivity index (χ0v) is 9.03. The summed E-state index contributed by atoms with van der Waals surface area (Å²) in [5, 5.41) is 0. The Bertz CT molecular complexity index is 338. The molecule has 1 aromatic carbocycles. The molecule has 1 aliphatic heterocycles. The van der Waals surface area contributed by atoms with E-state index < -0.39 is 0 Å². The van der Waals surface area contributed by atoms with Crippen LogP contribution in [0.25, 0.3) is 0 Å². The third-order valence-electron chi connectivity index (χ3n) is 2.75. The predicted molar refractivity (Wildman–Crippen MR) is 59.4 cm³/mol. The largest absolute Gasteiger partial charge is 0.497 e. The first-order chi connectivity index (χ1) is 7.33. The SMILES string of the molecule is COc1ccc2c(c1)OC(CCCN)C2. The average molecular weight is 207 g/mol. The highest BCUT2D eigenvalue weighted by molar-refractivity contribution is 5.43. The summed E-state index contributed by atoms with van der Waals surface area (Å²) >= 11 is 0. The Morgan fingerprint density at radius 1 is 1.53 bits per heavy atom. The van der Waals surface area contributed by atoms with Gasteiger partial charge in [0.1, 0.15) is 17.6 Å². The van der Waals surface area contributed by atoms with Crippen LogP contribution in [0.15, 0.2) is 18.2 Å². The lowest BCUT2D eigenvalue weighted by molar-refractivity contribution is 0.218. The molecular formula is C12H17NO2. The van der Waals surface area contributed by atoms with Crippen LogP contribution in [-0.2, 0) is 6.42 Å². The highest BCUT2D eigenvalue weighted by atomic mass is 16.5. The van der Waals surface area contributed by atoms with Crippen LogP contribution in [0.1, 0.15) is 18.4 Å². The Morgan fingerprint density at radius 3 is 3.13 bits per heavy atom. The van der Waals surface area contributed by atoms with Crippen molar-refractivity contribution in [2.24, 2.45) is 5.73 Å². The van der Waals surface area contributed by atoms with Crippen molar-refractivity contribution in [1.82, 2.24) is 0 Å². The molecule has 1 atom stereocenters. The fourth-order valence-electron chi connectivity index (χ4n) is 1.91. The van der Waals surface area contributed by atoms with Crippen molar-refractivity contribution in [3.05, 3.63) is 23.8 Å². The quantitative estimate of drug-likeness (QED) is 0.817. The van der Waals surface area contributed by atoms with Gasteiger partial charge in [-0.3, -0.25) is 0 Å². The van der Waals surface area contributed by atoms with Crippen molar-refractivity contribution in [2.45, 2.75) is 25.4 Å². The second-order valence-corrected chi connectivity index (χ2v) is 3.85. The molecule has 82 valence electrons. The number of benzene rings is 1. The lowest BCUT2D eigenvalue weighted by atomic mass is 10.1. The fraction of sp³-hybridized carbons (Fsp3) is 0.500. The van der Waals surface area contributed by atoms with E-state index in [1.54, 1.807) is 7.11 Å². The van der Waals surface area contributed by atoms with Crippen molar-refractivity contribution in [3.8, 4) is 11.5 Å². The van der Waals surface area contributed by atoms with Gasteiger partial charge in [-0.1, -0.05) is 6.07 Å². The van der Waals surface area contributed by atoms with Gasteiger partial charge in [-0.2, -0.15) is 0 Å². The number of hydrogen-bond donors (Lipinski definition) is 1. The molecule has 3 heteroatoms. The fourth-order valence-corrected chi connectivity index (χ4v) is 1.91. The van der Waals surface area contributed by atoms with Gasteiger partial charge in [0.15, 0.2) is 0 Å². The van der Waals surface area contributed by atoms with Crippen LogP contribution < -0.4 is 15.2 Å². The van der Waals surface area contributed by atoms with E-state index in [-0.39, 0.29) is 0 Å². The minimum Gasteiger partial charge on any atom is -0.497 e. The highest BCUT2D eigenvalue weighted by Crippen LogP contribution is 2.33. The molecule has 0 bridgehead atoms. The number of fused-ring (bicyclic) bond motifs is 1. The lowest BCUT2D eigenvalue weighted by Gasteiger charge is -2.09. The van der Waals surface area contributed by atoms with Crippen molar-refractivity contribution in [2.75, 3.05) is 13.7 Å². The minimum absolute atomic E-state index is 0.302. The van der Waals surface area contributed by atoms with Crippen molar-refractivity contribution >= 4 is 0 Å². The summed E-state index contributed by atoms with van der Waals surface area (Å²) in [6.07, 6.45) is 3.36. The molecule has 3 nitrogen and oxygen atoms in total. The maximum absolute atomic E-state index is 5.82. The van der Waals surface area contributed by atoms with Gasteiger partial charge in [-0.05, 0) is 31.0 Å². The van der Waals surface area contributed by atoms with E-state index in [1.165, 1.54) is 5.56 Å². The molecule has 0 amide bonds. The van der Waals surface area contributed by atoms with Crippen molar-refractivity contribution in [3.63, 3.8) is 0 Å². The van der Waals surface area contributed by atoms with Crippen LogP contribution in [-0.4, -0.2) is 19.8 Å². The maximum atomic E-state index is 5.82. The van der Waals surface area contributed by atoms with E-state index >= 15 is 0 Å². The molecule has 0 saturated heterocycles. The average Bonchev–Trinajstić information content (AvgIpc) is 2.67. The Labute approximate surface area is 90.2 Å². The molecule has 0 aliphatic carbocycles. The standard InChI is InChI=1S/C12H17NO2/c1-14-10-5-4-9-7-11(3-2-6-13)15-12(9)8-10/h4-5,8,11H,2-3,6-7,13H2,1H3. The van der Waals surface area contributed by atoms with E-state index in [1.807, 2.05) is 12.1 Å². The summed E-state index contributed by atoms with van der Waals surface area (Å²) in [4.78, 5) is 0. The number of rotatable bonds is 4. The Kier molecular flexibility index (Phi) is 3.11. The molecule has 2 rings (SSSR count). The summed E-state index contributed by atoms with van der Waals surface area (Å²) in [5.74, 6) is 1.82. The first kappa shape index (κ1) is 10.3. The van der Waals surface area contributed by atoms with Crippen LogP contribution in [0, 0.1) is 0 Å². The van der Waals surface area contributed by atoms with Crippen LogP contribution in [0.2, 0.25) is 0 Å². The summed E-state index contributed by atoms with van der Waals surface area (Å²) < 4.78 is 11.0. The smallest absolute Gasteiger partial charge is 0.126 e. The van der Waals surface area contributed by atoms with Gasteiger partial charge in [0.2, 0.25) is 0 Å². The number of ether oxygens (including phenoxy) is 2. The molecule has 0 spiro atoms. The predicted octanol–water partition coefficient (Wildman–Crippen LogP) is 1.74. The van der Waals surface area contributed by atoms with Gasteiger partial charge in [-0.15, -0.1) is 0 Å². The Morgan fingerprint density at radius 2 is 2.40 bits per heavy atom. The number of nitrogens with two attached hydrogens (primary N) is 1. The second kappa shape index (κ2) is 4.53. The van der Waals surface area contributed by atoms with E-state index in [0.29, 0.717) is 6.10 Å². The van der Waals surface area contributed by atoms with Gasteiger partial charge in [0, 0.05) is 12.5 Å². The van der Waals surface area contributed by atoms with Gasteiger partial charge >= 0.3 is 0 Å². The van der Waals surface area contributed by atoms with Crippen LogP contribution in [0.5, 0.6) is 11.5 Å². The molecule has 0 saturated carbocycles. The van der Waals surface area contributed by atoms with E-state index in [9.17, 15) is 0 Å². The molecule has 1 aliphatic rings. The molecule has 0 aromatic heterocycles. The summed E-state index contributed by atoms with van der Waals surface area (Å²) in [6, 6.07) is 6.02. The first-order valence-electron chi connectivity index (χ1n) is 5.37. The van der Waals surface area contributed by atoms with E-state index in [2.05, 4.69) is 6.07 Å². The van der Waals surface area contributed by atoms with Crippen LogP contribution >= 0.6 is 0 Å². The summed E-state index contributed by atoms with van der Waals surface area (Å²) in [5.41, 5.74) is 6.76. The monoisotopic (exact) mass is 207 g/mol. The topological polar surface area (TPSA) is 44.5 Å². The number of methoxy groups -OCH3 is 1. The second-order valence-electron chi connectivity index (χ2n) is 3.85. The summed E-state index contributed by atoms with van der Waals surface area (Å²) in [6.45, 7) is 0.736. The van der Waals surface area contributed by atoms with E-state index in [4.69, 9.17) is 15.2 Å². The first-order valence-corrected chi connectivity index (χ1v) is 5.37. The third-order valence-corrected chi connectivity index (χ3v) is 2.75. The molecule has 0 fully saturated rings. The Balaban J connectivity index is 2.03. The molecule has 0 radical (unpaired) electrons. The molecule has 1 aromatic rings. The third kappa shape index (κ3) is 2.23. The highest BCUT2D eigenvalue weighted by Gasteiger charge is 2.22. The summed E-state index contributed by atoms with van der Waals surface area (Å²) in [7, 11) is 1.67. The maximum Gasteiger partial charge on any atom is 0.126 e. The van der Waals surface area contributed by atoms with Crippen molar-refractivity contribution in [1.29, 1.82) is 0 Å². The Hall–Kier alpha value is -1.22.